The zero-order chi connectivity index (χ0) is 12.1. The summed E-state index contributed by atoms with van der Waals surface area (Å²) in [5.41, 5.74) is 0. The van der Waals surface area contributed by atoms with Gasteiger partial charge in [-0.1, -0.05) is 12.1 Å². The normalized spacial score (nSPS) is 11.3. The first kappa shape index (κ1) is 11.7. The fraction of sp³-hybridized carbons (Fsp3) is 0.0909. The van der Waals surface area contributed by atoms with Crippen molar-refractivity contribution < 1.29 is 8.42 Å². The molecule has 87 valence electrons. The van der Waals surface area contributed by atoms with Gasteiger partial charge in [-0.3, -0.25) is 0 Å². The van der Waals surface area contributed by atoms with Gasteiger partial charge in [-0.25, -0.2) is 23.1 Å². The standard InChI is InChI=1S/C11H10N3O2S/c15-17(16,10-5-2-1-3-6-10)14-9-11-12-7-4-8-13-11/h1-2,4-8,14H,9H2. The highest BCUT2D eigenvalue weighted by molar-refractivity contribution is 7.89. The predicted octanol–water partition coefficient (Wildman–Crippen LogP) is 0.755. The van der Waals surface area contributed by atoms with Crippen molar-refractivity contribution in [1.29, 1.82) is 0 Å². The van der Waals surface area contributed by atoms with E-state index in [2.05, 4.69) is 20.8 Å². The Morgan fingerprint density at radius 3 is 2.65 bits per heavy atom. The molecular weight excluding hydrogens is 238 g/mol. The van der Waals surface area contributed by atoms with E-state index in [0.717, 1.165) is 0 Å². The van der Waals surface area contributed by atoms with E-state index in [4.69, 9.17) is 0 Å². The van der Waals surface area contributed by atoms with Crippen LogP contribution in [0.4, 0.5) is 0 Å². The number of nitrogens with one attached hydrogen (secondary N) is 1. The third-order valence-corrected chi connectivity index (χ3v) is 3.43. The van der Waals surface area contributed by atoms with Gasteiger partial charge in [0.15, 0.2) is 0 Å². The highest BCUT2D eigenvalue weighted by Crippen LogP contribution is 2.06. The maximum absolute atomic E-state index is 11.8. The van der Waals surface area contributed by atoms with Crippen LogP contribution >= 0.6 is 0 Å². The maximum Gasteiger partial charge on any atom is 0.240 e. The van der Waals surface area contributed by atoms with Gasteiger partial charge in [0.2, 0.25) is 10.0 Å². The molecule has 2 rings (SSSR count). The molecule has 17 heavy (non-hydrogen) atoms. The van der Waals surface area contributed by atoms with Crippen LogP contribution in [-0.2, 0) is 16.6 Å². The molecule has 0 saturated carbocycles. The lowest BCUT2D eigenvalue weighted by atomic mass is 10.4. The molecule has 0 aliphatic heterocycles. The zero-order valence-electron chi connectivity index (χ0n) is 8.87. The van der Waals surface area contributed by atoms with Gasteiger partial charge in [-0.2, -0.15) is 0 Å². The van der Waals surface area contributed by atoms with E-state index in [0.29, 0.717) is 5.82 Å². The van der Waals surface area contributed by atoms with Crippen molar-refractivity contribution in [3.63, 3.8) is 0 Å². The molecule has 1 heterocycles. The Bertz CT molecular complexity index is 570. The molecule has 5 nitrogen and oxygen atoms in total. The van der Waals surface area contributed by atoms with E-state index < -0.39 is 10.0 Å². The molecule has 0 aliphatic rings. The second-order valence-electron chi connectivity index (χ2n) is 3.23. The van der Waals surface area contributed by atoms with Crippen LogP contribution in [0.2, 0.25) is 0 Å². The van der Waals surface area contributed by atoms with Crippen LogP contribution in [0, 0.1) is 6.07 Å². The Balaban J connectivity index is 2.09. The summed E-state index contributed by atoms with van der Waals surface area (Å²) in [6.45, 7) is 0.0675. The lowest BCUT2D eigenvalue weighted by molar-refractivity contribution is 0.579. The van der Waals surface area contributed by atoms with Gasteiger partial charge in [-0.15, -0.1) is 0 Å². The third kappa shape index (κ3) is 3.08. The van der Waals surface area contributed by atoms with Gasteiger partial charge >= 0.3 is 0 Å². The van der Waals surface area contributed by atoms with Crippen molar-refractivity contribution in [3.05, 3.63) is 54.6 Å². The second-order valence-corrected chi connectivity index (χ2v) is 5.00. The maximum atomic E-state index is 11.8. The number of nitrogens with zero attached hydrogens (tertiary/aromatic N) is 2. The molecule has 0 aliphatic carbocycles. The summed E-state index contributed by atoms with van der Waals surface area (Å²) in [7, 11) is -3.52. The SMILES string of the molecule is O=S(=O)(NCc1ncccn1)c1c[c]ccc1. The molecule has 0 bridgehead atoms. The molecule has 0 fully saturated rings. The molecule has 0 amide bonds. The number of sulfonamides is 1. The minimum absolute atomic E-state index is 0.0675. The lowest BCUT2D eigenvalue weighted by Gasteiger charge is -2.05. The predicted molar refractivity (Wildman–Crippen MR) is 61.3 cm³/mol. The zero-order valence-corrected chi connectivity index (χ0v) is 9.68. The van der Waals surface area contributed by atoms with E-state index in [1.807, 2.05) is 0 Å². The Kier molecular flexibility index (Phi) is 3.46. The fourth-order valence-corrected chi connectivity index (χ4v) is 2.17. The minimum Gasteiger partial charge on any atom is -0.240 e. The summed E-state index contributed by atoms with van der Waals surface area (Å²) < 4.78 is 26.1. The topological polar surface area (TPSA) is 72.0 Å². The van der Waals surface area contributed by atoms with Crippen LogP contribution in [0.5, 0.6) is 0 Å². The van der Waals surface area contributed by atoms with Gasteiger partial charge in [0.1, 0.15) is 5.82 Å². The van der Waals surface area contributed by atoms with Crippen molar-refractivity contribution in [2.45, 2.75) is 11.4 Å². The average molecular weight is 248 g/mol. The molecule has 1 radical (unpaired) electrons. The Morgan fingerprint density at radius 1 is 1.24 bits per heavy atom. The van der Waals surface area contributed by atoms with Crippen LogP contribution < -0.4 is 4.72 Å². The fourth-order valence-electron chi connectivity index (χ4n) is 1.21. The van der Waals surface area contributed by atoms with Gasteiger partial charge in [-0.05, 0) is 24.3 Å². The Hall–Kier alpha value is -1.79. The van der Waals surface area contributed by atoms with Gasteiger partial charge < -0.3 is 0 Å². The highest BCUT2D eigenvalue weighted by Gasteiger charge is 2.13. The third-order valence-electron chi connectivity index (χ3n) is 2.03. The van der Waals surface area contributed by atoms with Crippen LogP contribution in [0.15, 0.2) is 47.6 Å². The van der Waals surface area contributed by atoms with Gasteiger partial charge in [0.05, 0.1) is 11.4 Å². The first-order valence-corrected chi connectivity index (χ1v) is 6.38. The van der Waals surface area contributed by atoms with Crippen molar-refractivity contribution in [2.75, 3.05) is 0 Å². The van der Waals surface area contributed by atoms with Crippen molar-refractivity contribution in [1.82, 2.24) is 14.7 Å². The second kappa shape index (κ2) is 5.03. The Labute approximate surface area is 99.6 Å². The number of rotatable bonds is 4. The molecule has 0 spiro atoms. The molecule has 1 aromatic carbocycles. The van der Waals surface area contributed by atoms with E-state index in [-0.39, 0.29) is 11.4 Å². The average Bonchev–Trinajstić information content (AvgIpc) is 2.39. The first-order valence-electron chi connectivity index (χ1n) is 4.90. The largest absolute Gasteiger partial charge is 0.240 e. The summed E-state index contributed by atoms with van der Waals surface area (Å²) >= 11 is 0. The summed E-state index contributed by atoms with van der Waals surface area (Å²) in [6, 6.07) is 10.6. The number of aromatic nitrogens is 2. The van der Waals surface area contributed by atoms with E-state index in [9.17, 15) is 8.42 Å². The summed E-state index contributed by atoms with van der Waals surface area (Å²) in [5.74, 6) is 0.427. The van der Waals surface area contributed by atoms with Crippen molar-refractivity contribution >= 4 is 10.0 Å². The van der Waals surface area contributed by atoms with Crippen LogP contribution in [0.25, 0.3) is 0 Å². The first-order chi connectivity index (χ1) is 8.18. The number of hydrogen-bond acceptors (Lipinski definition) is 4. The smallest absolute Gasteiger partial charge is 0.240 e. The molecule has 6 heteroatoms. The number of benzene rings is 1. The van der Waals surface area contributed by atoms with Crippen LogP contribution in [0.1, 0.15) is 5.82 Å². The molecule has 1 aromatic heterocycles. The minimum atomic E-state index is -3.52. The summed E-state index contributed by atoms with van der Waals surface area (Å²) in [5, 5.41) is 0. The highest BCUT2D eigenvalue weighted by atomic mass is 32.2. The molecule has 1 N–H and O–H groups in total. The number of hydrogen-bond donors (Lipinski definition) is 1. The molecule has 2 aromatic rings. The molecular formula is C11H10N3O2S. The lowest BCUT2D eigenvalue weighted by Crippen LogP contribution is -2.24. The molecule has 0 atom stereocenters. The molecule has 0 unspecified atom stereocenters. The monoisotopic (exact) mass is 248 g/mol. The van der Waals surface area contributed by atoms with Crippen LogP contribution in [0.3, 0.4) is 0 Å². The van der Waals surface area contributed by atoms with Crippen molar-refractivity contribution in [2.24, 2.45) is 0 Å². The Morgan fingerprint density at radius 2 is 2.00 bits per heavy atom. The summed E-state index contributed by atoms with van der Waals surface area (Å²) in [6.07, 6.45) is 3.12. The van der Waals surface area contributed by atoms with E-state index in [1.165, 1.54) is 12.1 Å². The quantitative estimate of drug-likeness (QED) is 0.866. The molecule has 0 saturated heterocycles. The van der Waals surface area contributed by atoms with Crippen molar-refractivity contribution in [3.8, 4) is 0 Å². The van der Waals surface area contributed by atoms with Gasteiger partial charge in [0.25, 0.3) is 0 Å². The van der Waals surface area contributed by atoms with Crippen LogP contribution in [-0.4, -0.2) is 18.4 Å². The van der Waals surface area contributed by atoms with Gasteiger partial charge in [0, 0.05) is 12.4 Å². The summed E-state index contributed by atoms with van der Waals surface area (Å²) in [4.78, 5) is 8.04. The van der Waals surface area contributed by atoms with E-state index in [1.54, 1.807) is 30.6 Å². The van der Waals surface area contributed by atoms with E-state index >= 15 is 0 Å².